The predicted octanol–water partition coefficient (Wildman–Crippen LogP) is 3.05. The number of benzene rings is 1. The molecule has 1 atom stereocenters. The number of aromatic hydroxyl groups is 1. The molecule has 1 unspecified atom stereocenters. The van der Waals surface area contributed by atoms with Crippen molar-refractivity contribution in [2.45, 2.75) is 32.9 Å². The van der Waals surface area contributed by atoms with Crippen LogP contribution >= 0.6 is 15.9 Å². The molecule has 0 spiro atoms. The fourth-order valence-electron chi connectivity index (χ4n) is 1.32. The molecule has 4 heteroatoms. The molecule has 1 aromatic rings. The summed E-state index contributed by atoms with van der Waals surface area (Å²) in [6, 6.07) is 4.22. The minimum Gasteiger partial charge on any atom is -0.503 e. The van der Waals surface area contributed by atoms with Crippen LogP contribution in [0.1, 0.15) is 25.8 Å². The smallest absolute Gasteiger partial charge is 0.172 e. The van der Waals surface area contributed by atoms with E-state index in [1.165, 1.54) is 0 Å². The van der Waals surface area contributed by atoms with Crippen molar-refractivity contribution in [3.05, 3.63) is 22.2 Å². The van der Waals surface area contributed by atoms with Crippen molar-refractivity contribution in [3.63, 3.8) is 0 Å². The second kappa shape index (κ2) is 6.11. The molecule has 16 heavy (non-hydrogen) atoms. The lowest BCUT2D eigenvalue weighted by molar-refractivity contribution is 0.371. The van der Waals surface area contributed by atoms with Crippen molar-refractivity contribution in [3.8, 4) is 11.5 Å². The number of halogens is 1. The lowest BCUT2D eigenvalue weighted by Gasteiger charge is -2.13. The quantitative estimate of drug-likeness (QED) is 0.875. The van der Waals surface area contributed by atoms with Gasteiger partial charge in [-0.05, 0) is 47.0 Å². The molecule has 3 nitrogen and oxygen atoms in total. The second-order valence-electron chi connectivity index (χ2n) is 3.82. The van der Waals surface area contributed by atoms with Gasteiger partial charge in [-0.3, -0.25) is 0 Å². The number of rotatable bonds is 5. The van der Waals surface area contributed by atoms with Gasteiger partial charge in [-0.25, -0.2) is 0 Å². The maximum absolute atomic E-state index is 9.65. The third kappa shape index (κ3) is 3.39. The van der Waals surface area contributed by atoms with Gasteiger partial charge < -0.3 is 15.2 Å². The Kier molecular flexibility index (Phi) is 5.09. The fraction of sp³-hybridized carbons (Fsp3) is 0.500. The molecule has 0 saturated carbocycles. The van der Waals surface area contributed by atoms with E-state index in [0.29, 0.717) is 16.3 Å². The normalized spacial score (nSPS) is 12.5. The number of methoxy groups -OCH3 is 1. The molecule has 1 aromatic carbocycles. The molecule has 0 radical (unpaired) electrons. The second-order valence-corrected chi connectivity index (χ2v) is 4.67. The zero-order valence-electron chi connectivity index (χ0n) is 9.88. The maximum atomic E-state index is 9.65. The lowest BCUT2D eigenvalue weighted by Crippen LogP contribution is -2.24. The van der Waals surface area contributed by atoms with Crippen LogP contribution in [0.2, 0.25) is 0 Å². The van der Waals surface area contributed by atoms with Gasteiger partial charge >= 0.3 is 0 Å². The van der Waals surface area contributed by atoms with Gasteiger partial charge in [-0.2, -0.15) is 0 Å². The molecular formula is C12H18BrNO2. The summed E-state index contributed by atoms with van der Waals surface area (Å²) in [6.07, 6.45) is 1.09. The van der Waals surface area contributed by atoms with Gasteiger partial charge in [-0.1, -0.05) is 6.92 Å². The molecular weight excluding hydrogens is 270 g/mol. The first-order valence-corrected chi connectivity index (χ1v) is 6.16. The van der Waals surface area contributed by atoms with Gasteiger partial charge in [-0.15, -0.1) is 0 Å². The van der Waals surface area contributed by atoms with Gasteiger partial charge in [0.05, 0.1) is 11.6 Å². The van der Waals surface area contributed by atoms with Crippen LogP contribution in [0.3, 0.4) is 0 Å². The van der Waals surface area contributed by atoms with Crippen molar-refractivity contribution < 1.29 is 9.84 Å². The summed E-state index contributed by atoms with van der Waals surface area (Å²) in [7, 11) is 1.55. The van der Waals surface area contributed by atoms with E-state index < -0.39 is 0 Å². The Morgan fingerprint density at radius 2 is 2.19 bits per heavy atom. The van der Waals surface area contributed by atoms with Crippen LogP contribution < -0.4 is 10.1 Å². The molecule has 0 bridgehead atoms. The highest BCUT2D eigenvalue weighted by molar-refractivity contribution is 9.10. The minimum atomic E-state index is 0.148. The highest BCUT2D eigenvalue weighted by Gasteiger charge is 2.08. The van der Waals surface area contributed by atoms with Crippen molar-refractivity contribution in [1.82, 2.24) is 5.32 Å². The molecule has 0 saturated heterocycles. The molecule has 0 aromatic heterocycles. The molecule has 1 rings (SSSR count). The van der Waals surface area contributed by atoms with Crippen molar-refractivity contribution in [2.24, 2.45) is 0 Å². The first-order chi connectivity index (χ1) is 7.58. The maximum Gasteiger partial charge on any atom is 0.172 e. The van der Waals surface area contributed by atoms with Crippen LogP contribution in [0, 0.1) is 0 Å². The summed E-state index contributed by atoms with van der Waals surface area (Å²) in [4.78, 5) is 0. The standard InChI is InChI=1S/C12H18BrNO2/c1-4-8(2)14-7-9-5-10(13)12(15)11(6-9)16-3/h5-6,8,14-15H,4,7H2,1-3H3. The van der Waals surface area contributed by atoms with E-state index >= 15 is 0 Å². The van der Waals surface area contributed by atoms with E-state index in [2.05, 4.69) is 35.1 Å². The summed E-state index contributed by atoms with van der Waals surface area (Å²) in [5.41, 5.74) is 1.09. The predicted molar refractivity (Wildman–Crippen MR) is 69.0 cm³/mol. The zero-order valence-corrected chi connectivity index (χ0v) is 11.5. The Morgan fingerprint density at radius 3 is 2.75 bits per heavy atom. The van der Waals surface area contributed by atoms with Crippen LogP contribution in [0.25, 0.3) is 0 Å². The van der Waals surface area contributed by atoms with Crippen molar-refractivity contribution >= 4 is 15.9 Å². The van der Waals surface area contributed by atoms with Gasteiger partial charge in [0.25, 0.3) is 0 Å². The summed E-state index contributed by atoms with van der Waals surface area (Å²) in [6.45, 7) is 5.06. The van der Waals surface area contributed by atoms with Crippen LogP contribution in [0.4, 0.5) is 0 Å². The van der Waals surface area contributed by atoms with E-state index in [-0.39, 0.29) is 5.75 Å². The molecule has 0 heterocycles. The van der Waals surface area contributed by atoms with E-state index in [4.69, 9.17) is 4.74 Å². The van der Waals surface area contributed by atoms with Crippen LogP contribution in [0.15, 0.2) is 16.6 Å². The van der Waals surface area contributed by atoms with Crippen molar-refractivity contribution in [1.29, 1.82) is 0 Å². The third-order valence-corrected chi connectivity index (χ3v) is 3.18. The number of hydrogen-bond acceptors (Lipinski definition) is 3. The average molecular weight is 288 g/mol. The van der Waals surface area contributed by atoms with Crippen molar-refractivity contribution in [2.75, 3.05) is 7.11 Å². The lowest BCUT2D eigenvalue weighted by atomic mass is 10.2. The molecule has 0 aliphatic heterocycles. The Hall–Kier alpha value is -0.740. The molecule has 90 valence electrons. The topological polar surface area (TPSA) is 41.5 Å². The van der Waals surface area contributed by atoms with E-state index in [9.17, 15) is 5.11 Å². The highest BCUT2D eigenvalue weighted by Crippen LogP contribution is 2.35. The summed E-state index contributed by atoms with van der Waals surface area (Å²) >= 11 is 3.30. The van der Waals surface area contributed by atoms with Crippen LogP contribution in [-0.4, -0.2) is 18.3 Å². The largest absolute Gasteiger partial charge is 0.503 e. The van der Waals surface area contributed by atoms with Gasteiger partial charge in [0, 0.05) is 12.6 Å². The molecule has 0 fully saturated rings. The first-order valence-electron chi connectivity index (χ1n) is 5.37. The minimum absolute atomic E-state index is 0.148. The Bertz CT molecular complexity index is 355. The Labute approximate surface area is 105 Å². The van der Waals surface area contributed by atoms with Gasteiger partial charge in [0.2, 0.25) is 0 Å². The third-order valence-electron chi connectivity index (χ3n) is 2.58. The molecule has 0 amide bonds. The molecule has 0 aliphatic carbocycles. The van der Waals surface area contributed by atoms with E-state index in [1.54, 1.807) is 7.11 Å². The zero-order chi connectivity index (χ0) is 12.1. The molecule has 2 N–H and O–H groups in total. The van der Waals surface area contributed by atoms with E-state index in [0.717, 1.165) is 18.5 Å². The Balaban J connectivity index is 2.78. The molecule has 0 aliphatic rings. The number of phenols is 1. The highest BCUT2D eigenvalue weighted by atomic mass is 79.9. The fourth-order valence-corrected chi connectivity index (χ4v) is 1.81. The number of phenolic OH excluding ortho intramolecular Hbond substituents is 1. The van der Waals surface area contributed by atoms with Crippen LogP contribution in [0.5, 0.6) is 11.5 Å². The van der Waals surface area contributed by atoms with E-state index in [1.807, 2.05) is 12.1 Å². The average Bonchev–Trinajstić information content (AvgIpc) is 2.29. The summed E-state index contributed by atoms with van der Waals surface area (Å²) < 4.78 is 5.75. The Morgan fingerprint density at radius 1 is 1.50 bits per heavy atom. The monoisotopic (exact) mass is 287 g/mol. The summed E-state index contributed by atoms with van der Waals surface area (Å²) in [5, 5.41) is 13.0. The summed E-state index contributed by atoms with van der Waals surface area (Å²) in [5.74, 6) is 0.644. The van der Waals surface area contributed by atoms with Gasteiger partial charge in [0.15, 0.2) is 11.5 Å². The van der Waals surface area contributed by atoms with Crippen LogP contribution in [-0.2, 0) is 6.54 Å². The first kappa shape index (κ1) is 13.3. The number of hydrogen-bond donors (Lipinski definition) is 2. The number of ether oxygens (including phenoxy) is 1. The van der Waals surface area contributed by atoms with Gasteiger partial charge in [0.1, 0.15) is 0 Å². The number of nitrogens with one attached hydrogen (secondary N) is 1. The SMILES string of the molecule is CCC(C)NCc1cc(Br)c(O)c(OC)c1.